The third-order valence-electron chi connectivity index (χ3n) is 4.80. The summed E-state index contributed by atoms with van der Waals surface area (Å²) in [7, 11) is 0. The Morgan fingerprint density at radius 1 is 1.06 bits per heavy atom. The molecule has 2 aromatic carbocycles. The molecule has 0 radical (unpaired) electrons. The van der Waals surface area contributed by atoms with E-state index in [4.69, 9.17) is 4.42 Å². The summed E-state index contributed by atoms with van der Waals surface area (Å²) in [6, 6.07) is 14.7. The van der Waals surface area contributed by atoms with Crippen LogP contribution in [0, 0.1) is 0 Å². The van der Waals surface area contributed by atoms with Crippen LogP contribution in [0.2, 0.25) is 0 Å². The molecule has 1 aromatic heterocycles. The van der Waals surface area contributed by atoms with Crippen molar-refractivity contribution in [2.45, 2.75) is 51.2 Å². The zero-order valence-electron chi connectivity index (χ0n) is 17.2. The molecule has 0 saturated heterocycles. The normalized spacial score (nSPS) is 12.5. The molecule has 5 nitrogen and oxygen atoms in total. The van der Waals surface area contributed by atoms with Gasteiger partial charge in [-0.15, -0.1) is 10.2 Å². The number of benzene rings is 2. The summed E-state index contributed by atoms with van der Waals surface area (Å²) < 4.78 is 44.1. The Balaban J connectivity index is 1.54. The van der Waals surface area contributed by atoms with Gasteiger partial charge < -0.3 is 9.73 Å². The van der Waals surface area contributed by atoms with E-state index < -0.39 is 11.7 Å². The van der Waals surface area contributed by atoms with Crippen molar-refractivity contribution >= 4 is 5.91 Å². The van der Waals surface area contributed by atoms with E-state index in [1.165, 1.54) is 6.07 Å². The summed E-state index contributed by atoms with van der Waals surface area (Å²) in [5.74, 6) is 0.367. The molecule has 3 rings (SSSR count). The molecule has 8 heteroatoms. The quantitative estimate of drug-likeness (QED) is 0.501. The first-order valence-electron chi connectivity index (χ1n) is 10.2. The molecule has 1 atom stereocenters. The van der Waals surface area contributed by atoms with Crippen LogP contribution < -0.4 is 5.32 Å². The highest BCUT2D eigenvalue weighted by Gasteiger charge is 2.30. The summed E-state index contributed by atoms with van der Waals surface area (Å²) >= 11 is 0. The molecular formula is C23H24F3N3O2. The summed E-state index contributed by atoms with van der Waals surface area (Å²) in [5.41, 5.74) is 0.758. The van der Waals surface area contributed by atoms with Crippen LogP contribution in [0.15, 0.2) is 59.0 Å². The Morgan fingerprint density at radius 3 is 2.52 bits per heavy atom. The standard InChI is InChI=1S/C23H24F3N3O2/c1-2-7-19(17-9-4-3-5-10-17)27-20(30)12-13-21-28-29-22(31-21)15-16-8-6-11-18(14-16)23(24,25)26/h3-6,8-11,14,19H,2,7,12-13,15H2,1H3,(H,27,30). The van der Waals surface area contributed by atoms with Crippen molar-refractivity contribution in [2.75, 3.05) is 0 Å². The molecule has 1 heterocycles. The van der Waals surface area contributed by atoms with Gasteiger partial charge in [0.05, 0.1) is 18.0 Å². The molecule has 0 aliphatic heterocycles. The summed E-state index contributed by atoms with van der Waals surface area (Å²) in [6.45, 7) is 2.06. The average Bonchev–Trinajstić information content (AvgIpc) is 3.19. The maximum absolute atomic E-state index is 12.8. The Kier molecular flexibility index (Phi) is 7.44. The van der Waals surface area contributed by atoms with Crippen molar-refractivity contribution in [2.24, 2.45) is 0 Å². The lowest BCUT2D eigenvalue weighted by atomic mass is 10.0. The van der Waals surface area contributed by atoms with Crippen LogP contribution in [-0.2, 0) is 23.8 Å². The Labute approximate surface area is 178 Å². The molecule has 164 valence electrons. The van der Waals surface area contributed by atoms with E-state index in [2.05, 4.69) is 22.4 Å². The van der Waals surface area contributed by atoms with Gasteiger partial charge in [0.1, 0.15) is 0 Å². The van der Waals surface area contributed by atoms with Crippen molar-refractivity contribution < 1.29 is 22.4 Å². The topological polar surface area (TPSA) is 68.0 Å². The fourth-order valence-corrected chi connectivity index (χ4v) is 3.28. The van der Waals surface area contributed by atoms with Gasteiger partial charge in [0.2, 0.25) is 17.7 Å². The second-order valence-corrected chi connectivity index (χ2v) is 7.28. The average molecular weight is 431 g/mol. The van der Waals surface area contributed by atoms with E-state index in [9.17, 15) is 18.0 Å². The number of alkyl halides is 3. The molecular weight excluding hydrogens is 407 g/mol. The molecule has 1 unspecified atom stereocenters. The maximum Gasteiger partial charge on any atom is 0.416 e. The SMILES string of the molecule is CCCC(NC(=O)CCc1nnc(Cc2cccc(C(F)(F)F)c2)o1)c1ccccc1. The highest BCUT2D eigenvalue weighted by molar-refractivity contribution is 5.76. The van der Waals surface area contributed by atoms with Gasteiger partial charge in [-0.3, -0.25) is 4.79 Å². The molecule has 1 N–H and O–H groups in total. The van der Waals surface area contributed by atoms with Gasteiger partial charge in [0, 0.05) is 12.8 Å². The first kappa shape index (κ1) is 22.5. The maximum atomic E-state index is 12.8. The van der Waals surface area contributed by atoms with Crippen LogP contribution in [0.1, 0.15) is 60.7 Å². The number of nitrogens with zero attached hydrogens (tertiary/aromatic N) is 2. The zero-order chi connectivity index (χ0) is 22.3. The molecule has 0 aliphatic rings. The third-order valence-corrected chi connectivity index (χ3v) is 4.80. The molecule has 0 fully saturated rings. The number of halogens is 3. The van der Waals surface area contributed by atoms with Crippen molar-refractivity contribution in [3.05, 3.63) is 83.1 Å². The van der Waals surface area contributed by atoms with E-state index in [1.54, 1.807) is 6.07 Å². The highest BCUT2D eigenvalue weighted by Crippen LogP contribution is 2.30. The third kappa shape index (κ3) is 6.67. The number of aryl methyl sites for hydroxylation is 1. The molecule has 1 amide bonds. The van der Waals surface area contributed by atoms with E-state index in [-0.39, 0.29) is 43.0 Å². The van der Waals surface area contributed by atoms with E-state index in [0.29, 0.717) is 5.56 Å². The first-order chi connectivity index (χ1) is 14.8. The predicted molar refractivity (Wildman–Crippen MR) is 109 cm³/mol. The number of aromatic nitrogens is 2. The number of nitrogens with one attached hydrogen (secondary N) is 1. The van der Waals surface area contributed by atoms with Crippen LogP contribution >= 0.6 is 0 Å². The molecule has 31 heavy (non-hydrogen) atoms. The Hall–Kier alpha value is -3.16. The Morgan fingerprint density at radius 2 is 1.81 bits per heavy atom. The first-order valence-corrected chi connectivity index (χ1v) is 10.2. The Bertz CT molecular complexity index is 987. The number of amides is 1. The predicted octanol–water partition coefficient (Wildman–Crippen LogP) is 5.27. The van der Waals surface area contributed by atoms with Crippen LogP contribution in [0.5, 0.6) is 0 Å². The van der Waals surface area contributed by atoms with Gasteiger partial charge in [-0.2, -0.15) is 13.2 Å². The molecule has 3 aromatic rings. The highest BCUT2D eigenvalue weighted by atomic mass is 19.4. The van der Waals surface area contributed by atoms with Crippen LogP contribution in [0.3, 0.4) is 0 Å². The van der Waals surface area contributed by atoms with Gasteiger partial charge in [0.15, 0.2) is 0 Å². The van der Waals surface area contributed by atoms with Gasteiger partial charge >= 0.3 is 6.18 Å². The van der Waals surface area contributed by atoms with Crippen LogP contribution in [0.25, 0.3) is 0 Å². The number of rotatable bonds is 9. The van der Waals surface area contributed by atoms with Gasteiger partial charge in [-0.25, -0.2) is 0 Å². The number of carbonyl (C=O) groups is 1. The van der Waals surface area contributed by atoms with Gasteiger partial charge in [0.25, 0.3) is 0 Å². The largest absolute Gasteiger partial charge is 0.425 e. The van der Waals surface area contributed by atoms with Crippen molar-refractivity contribution in [1.82, 2.24) is 15.5 Å². The van der Waals surface area contributed by atoms with Crippen molar-refractivity contribution in [3.8, 4) is 0 Å². The number of hydrogen-bond acceptors (Lipinski definition) is 4. The van der Waals surface area contributed by atoms with Crippen molar-refractivity contribution in [1.29, 1.82) is 0 Å². The molecule has 0 bridgehead atoms. The fraction of sp³-hybridized carbons (Fsp3) is 0.348. The van der Waals surface area contributed by atoms with E-state index in [0.717, 1.165) is 30.5 Å². The minimum absolute atomic E-state index is 0.0575. The van der Waals surface area contributed by atoms with E-state index >= 15 is 0 Å². The minimum Gasteiger partial charge on any atom is -0.425 e. The lowest BCUT2D eigenvalue weighted by molar-refractivity contribution is -0.137. The molecule has 0 spiro atoms. The van der Waals surface area contributed by atoms with Crippen molar-refractivity contribution in [3.63, 3.8) is 0 Å². The monoisotopic (exact) mass is 431 g/mol. The summed E-state index contributed by atoms with van der Waals surface area (Å²) in [6.07, 6.45) is -2.11. The number of carbonyl (C=O) groups excluding carboxylic acids is 1. The smallest absolute Gasteiger partial charge is 0.416 e. The van der Waals surface area contributed by atoms with Gasteiger partial charge in [-0.05, 0) is 23.6 Å². The summed E-state index contributed by atoms with van der Waals surface area (Å²) in [5, 5.41) is 10.8. The summed E-state index contributed by atoms with van der Waals surface area (Å²) in [4.78, 5) is 12.4. The van der Waals surface area contributed by atoms with Crippen LogP contribution in [0.4, 0.5) is 13.2 Å². The second kappa shape index (κ2) is 10.2. The lowest BCUT2D eigenvalue weighted by Gasteiger charge is -2.18. The molecule has 0 aliphatic carbocycles. The van der Waals surface area contributed by atoms with Gasteiger partial charge in [-0.1, -0.05) is 61.9 Å². The minimum atomic E-state index is -4.40. The van der Waals surface area contributed by atoms with E-state index in [1.807, 2.05) is 30.3 Å². The second-order valence-electron chi connectivity index (χ2n) is 7.28. The molecule has 0 saturated carbocycles. The zero-order valence-corrected chi connectivity index (χ0v) is 17.2. The number of hydrogen-bond donors (Lipinski definition) is 1. The fourth-order valence-electron chi connectivity index (χ4n) is 3.28. The van der Waals surface area contributed by atoms with Crippen LogP contribution in [-0.4, -0.2) is 16.1 Å². The lowest BCUT2D eigenvalue weighted by Crippen LogP contribution is -2.28.